The number of hydrogen-bond donors (Lipinski definition) is 1. The van der Waals surface area contributed by atoms with Crippen molar-refractivity contribution in [2.24, 2.45) is 0 Å². The third-order valence-electron chi connectivity index (χ3n) is 4.59. The Bertz CT molecular complexity index is 821. The van der Waals surface area contributed by atoms with E-state index < -0.39 is 23.7 Å². The Kier molecular flexibility index (Phi) is 11.9. The molecule has 0 heterocycles. The Morgan fingerprint density at radius 1 is 1.21 bits per heavy atom. The number of methoxy groups -OCH3 is 1. The van der Waals surface area contributed by atoms with Gasteiger partial charge in [-0.15, -0.1) is 0 Å². The van der Waals surface area contributed by atoms with Gasteiger partial charge in [-0.05, 0) is 57.9 Å². The van der Waals surface area contributed by atoms with Gasteiger partial charge in [-0.3, -0.25) is 9.59 Å². The minimum atomic E-state index is -0.683. The Hall–Kier alpha value is -2.58. The van der Waals surface area contributed by atoms with Gasteiger partial charge in [0.1, 0.15) is 5.60 Å². The van der Waals surface area contributed by atoms with Crippen LogP contribution in [0.15, 0.2) is 30.3 Å². The van der Waals surface area contributed by atoms with Gasteiger partial charge in [-0.2, -0.15) is 0 Å². The molecule has 1 aromatic carbocycles. The Labute approximate surface area is 201 Å². The van der Waals surface area contributed by atoms with Crippen molar-refractivity contribution < 1.29 is 29.0 Å². The zero-order chi connectivity index (χ0) is 25.0. The van der Waals surface area contributed by atoms with Crippen LogP contribution in [0.4, 0.5) is 4.79 Å². The minimum Gasteiger partial charge on any atom is -0.469 e. The molecular weight excluding hydrogens is 448 g/mol. The lowest BCUT2D eigenvalue weighted by Gasteiger charge is -2.34. The number of hydrogen-bond acceptors (Lipinski definition) is 6. The summed E-state index contributed by atoms with van der Waals surface area (Å²) in [4.78, 5) is 40.4. The number of rotatable bonds is 11. The number of ether oxygens (including phenoxy) is 2. The molecule has 0 aromatic heterocycles. The fourth-order valence-corrected chi connectivity index (χ4v) is 3.20. The van der Waals surface area contributed by atoms with E-state index in [1.54, 1.807) is 52.0 Å². The summed E-state index contributed by atoms with van der Waals surface area (Å²) in [5.41, 5.74) is 0.0764. The first-order valence-electron chi connectivity index (χ1n) is 10.9. The molecule has 0 saturated heterocycles. The van der Waals surface area contributed by atoms with E-state index in [0.717, 1.165) is 5.56 Å². The van der Waals surface area contributed by atoms with Crippen LogP contribution >= 0.6 is 11.6 Å². The summed E-state index contributed by atoms with van der Waals surface area (Å²) in [6.45, 7) is 7.58. The molecule has 0 bridgehead atoms. The average molecular weight is 483 g/mol. The first kappa shape index (κ1) is 28.5. The van der Waals surface area contributed by atoms with Crippen LogP contribution in [0.1, 0.15) is 46.1 Å². The molecule has 1 aromatic rings. The first-order chi connectivity index (χ1) is 15.5. The largest absolute Gasteiger partial charge is 0.469 e. The molecule has 1 N–H and O–H groups in total. The lowest BCUT2D eigenvalue weighted by atomic mass is 10.2. The van der Waals surface area contributed by atoms with Crippen LogP contribution in [0.2, 0.25) is 5.02 Å². The van der Waals surface area contributed by atoms with Crippen LogP contribution in [0, 0.1) is 0 Å². The Morgan fingerprint density at radius 2 is 1.91 bits per heavy atom. The van der Waals surface area contributed by atoms with Crippen molar-refractivity contribution in [2.75, 3.05) is 33.4 Å². The monoisotopic (exact) mass is 482 g/mol. The standard InChI is InChI=1S/C24H35ClN2O6/c1-18(17-26(13-7-15-28)23(31)33-24(2,3)4)27(14-12-22(30)32-5)21(29)11-10-19-8-6-9-20(25)16-19/h6,8-11,16,18,28H,7,12-15,17H2,1-5H3/t18-/m1/s1. The highest BCUT2D eigenvalue weighted by Gasteiger charge is 2.27. The summed E-state index contributed by atoms with van der Waals surface area (Å²) in [6.07, 6.45) is 2.91. The van der Waals surface area contributed by atoms with E-state index in [1.165, 1.54) is 23.0 Å². The van der Waals surface area contributed by atoms with Crippen molar-refractivity contribution in [3.63, 3.8) is 0 Å². The van der Waals surface area contributed by atoms with E-state index in [9.17, 15) is 19.5 Å². The molecule has 184 valence electrons. The summed E-state index contributed by atoms with van der Waals surface area (Å²) < 4.78 is 10.2. The first-order valence-corrected chi connectivity index (χ1v) is 11.2. The number of carbonyl (C=O) groups excluding carboxylic acids is 3. The van der Waals surface area contributed by atoms with Crippen molar-refractivity contribution in [1.29, 1.82) is 0 Å². The molecule has 2 amide bonds. The molecule has 0 saturated carbocycles. The van der Waals surface area contributed by atoms with Crippen molar-refractivity contribution in [1.82, 2.24) is 9.80 Å². The van der Waals surface area contributed by atoms with Crippen LogP contribution in [-0.2, 0) is 19.1 Å². The highest BCUT2D eigenvalue weighted by molar-refractivity contribution is 6.30. The van der Waals surface area contributed by atoms with Crippen LogP contribution < -0.4 is 0 Å². The second-order valence-electron chi connectivity index (χ2n) is 8.60. The van der Waals surface area contributed by atoms with E-state index in [0.29, 0.717) is 11.4 Å². The third-order valence-corrected chi connectivity index (χ3v) is 4.82. The van der Waals surface area contributed by atoms with Crippen LogP contribution in [0.3, 0.4) is 0 Å². The fraction of sp³-hybridized carbons (Fsp3) is 0.542. The second kappa shape index (κ2) is 13.9. The predicted molar refractivity (Wildman–Crippen MR) is 128 cm³/mol. The van der Waals surface area contributed by atoms with E-state index >= 15 is 0 Å². The van der Waals surface area contributed by atoms with Crippen LogP contribution in [0.25, 0.3) is 6.08 Å². The zero-order valence-corrected chi connectivity index (χ0v) is 20.8. The van der Waals surface area contributed by atoms with Crippen LogP contribution in [-0.4, -0.2) is 77.9 Å². The highest BCUT2D eigenvalue weighted by atomic mass is 35.5. The fourth-order valence-electron chi connectivity index (χ4n) is 3.00. The topological polar surface area (TPSA) is 96.4 Å². The van der Waals surface area contributed by atoms with Gasteiger partial charge in [0.2, 0.25) is 5.91 Å². The second-order valence-corrected chi connectivity index (χ2v) is 9.04. The maximum atomic E-state index is 13.0. The number of carbonyl (C=O) groups is 3. The maximum Gasteiger partial charge on any atom is 0.410 e. The van der Waals surface area contributed by atoms with Gasteiger partial charge in [0, 0.05) is 43.4 Å². The van der Waals surface area contributed by atoms with Crippen molar-refractivity contribution in [3.05, 3.63) is 40.9 Å². The normalized spacial score (nSPS) is 12.3. The summed E-state index contributed by atoms with van der Waals surface area (Å²) in [5, 5.41) is 9.77. The summed E-state index contributed by atoms with van der Waals surface area (Å²) in [6, 6.07) is 6.63. The van der Waals surface area contributed by atoms with Gasteiger partial charge >= 0.3 is 12.1 Å². The van der Waals surface area contributed by atoms with Gasteiger partial charge in [0.25, 0.3) is 0 Å². The molecule has 0 aliphatic heterocycles. The Morgan fingerprint density at radius 3 is 2.48 bits per heavy atom. The zero-order valence-electron chi connectivity index (χ0n) is 20.0. The maximum absolute atomic E-state index is 13.0. The molecule has 1 rings (SSSR count). The number of halogens is 1. The molecule has 1 atom stereocenters. The SMILES string of the molecule is COC(=O)CCN(C(=O)C=Cc1cccc(Cl)c1)[C@H](C)CN(CCCO)C(=O)OC(C)(C)C. The van der Waals surface area contributed by atoms with E-state index in [1.807, 2.05) is 6.07 Å². The van der Waals surface area contributed by atoms with Crippen molar-refractivity contribution in [3.8, 4) is 0 Å². The lowest BCUT2D eigenvalue weighted by molar-refractivity contribution is -0.141. The molecule has 0 aliphatic carbocycles. The van der Waals surface area contributed by atoms with E-state index in [2.05, 4.69) is 0 Å². The van der Waals surface area contributed by atoms with Gasteiger partial charge < -0.3 is 24.4 Å². The minimum absolute atomic E-state index is 0.0145. The van der Waals surface area contributed by atoms with Gasteiger partial charge in [-0.25, -0.2) is 4.79 Å². The van der Waals surface area contributed by atoms with E-state index in [-0.39, 0.29) is 38.6 Å². The lowest BCUT2D eigenvalue weighted by Crippen LogP contribution is -2.48. The van der Waals surface area contributed by atoms with Crippen molar-refractivity contribution in [2.45, 2.75) is 52.2 Å². The molecular formula is C24H35ClN2O6. The number of esters is 1. The molecule has 9 heteroatoms. The molecule has 8 nitrogen and oxygen atoms in total. The number of nitrogens with zero attached hydrogens (tertiary/aromatic N) is 2. The number of aliphatic hydroxyl groups is 1. The quantitative estimate of drug-likeness (QED) is 0.381. The number of aliphatic hydroxyl groups excluding tert-OH is 1. The molecule has 33 heavy (non-hydrogen) atoms. The predicted octanol–water partition coefficient (Wildman–Crippen LogP) is 3.75. The highest BCUT2D eigenvalue weighted by Crippen LogP contribution is 2.15. The van der Waals surface area contributed by atoms with Gasteiger partial charge in [0.15, 0.2) is 0 Å². The molecule has 0 aliphatic rings. The number of benzene rings is 1. The average Bonchev–Trinajstić information content (AvgIpc) is 2.73. The van der Waals surface area contributed by atoms with Gasteiger partial charge in [-0.1, -0.05) is 23.7 Å². The smallest absolute Gasteiger partial charge is 0.410 e. The molecule has 0 unspecified atom stereocenters. The summed E-state index contributed by atoms with van der Waals surface area (Å²) in [7, 11) is 1.29. The molecule has 0 spiro atoms. The summed E-state index contributed by atoms with van der Waals surface area (Å²) >= 11 is 6.00. The van der Waals surface area contributed by atoms with Gasteiger partial charge in [0.05, 0.1) is 13.5 Å². The summed E-state index contributed by atoms with van der Waals surface area (Å²) in [5.74, 6) is -0.763. The van der Waals surface area contributed by atoms with Crippen LogP contribution in [0.5, 0.6) is 0 Å². The van der Waals surface area contributed by atoms with E-state index in [4.69, 9.17) is 21.1 Å². The molecule has 0 fully saturated rings. The molecule has 0 radical (unpaired) electrons. The third kappa shape index (κ3) is 11.2. The van der Waals surface area contributed by atoms with Crippen molar-refractivity contribution >= 4 is 35.6 Å². The Balaban J connectivity index is 3.04. The number of amides is 2.